The standard InChI is InChI=1S/C41H73NO3/c1-3-5-7-9-11-13-15-17-19-21-23-25-27-29-34-43-39-32-31-38(41-42-33-36-45-41)37-40(39)44-35-30-28-26-24-22-20-18-16-14-12-10-8-6-4-2/h31-32,37H,3-30,33-36H2,1-2H3. The summed E-state index contributed by atoms with van der Waals surface area (Å²) in [6.07, 6.45) is 38.4. The molecule has 1 aliphatic rings. The van der Waals surface area contributed by atoms with E-state index in [2.05, 4.69) is 31.0 Å². The summed E-state index contributed by atoms with van der Waals surface area (Å²) in [4.78, 5) is 4.50. The second-order valence-electron chi connectivity index (χ2n) is 13.6. The van der Waals surface area contributed by atoms with Crippen LogP contribution in [0, 0.1) is 0 Å². The second-order valence-corrected chi connectivity index (χ2v) is 13.6. The number of unbranched alkanes of at least 4 members (excludes halogenated alkanes) is 26. The van der Waals surface area contributed by atoms with Crippen molar-refractivity contribution in [3.8, 4) is 11.5 Å². The van der Waals surface area contributed by atoms with Crippen LogP contribution >= 0.6 is 0 Å². The van der Waals surface area contributed by atoms with Gasteiger partial charge in [-0.15, -0.1) is 0 Å². The highest BCUT2D eigenvalue weighted by molar-refractivity contribution is 5.95. The minimum atomic E-state index is 0.669. The first kappa shape index (κ1) is 39.5. The van der Waals surface area contributed by atoms with Crippen LogP contribution in [0.2, 0.25) is 0 Å². The van der Waals surface area contributed by atoms with E-state index in [1.807, 2.05) is 6.07 Å². The zero-order valence-corrected chi connectivity index (χ0v) is 30.0. The summed E-state index contributed by atoms with van der Waals surface area (Å²) in [6, 6.07) is 6.17. The van der Waals surface area contributed by atoms with Gasteiger partial charge in [0.15, 0.2) is 11.5 Å². The molecular weight excluding hydrogens is 554 g/mol. The van der Waals surface area contributed by atoms with E-state index in [1.165, 1.54) is 167 Å². The maximum absolute atomic E-state index is 6.28. The van der Waals surface area contributed by atoms with Crippen LogP contribution in [0.15, 0.2) is 23.2 Å². The highest BCUT2D eigenvalue weighted by Gasteiger charge is 2.14. The van der Waals surface area contributed by atoms with Gasteiger partial charge in [-0.05, 0) is 31.0 Å². The molecule has 0 unspecified atom stereocenters. The lowest BCUT2D eigenvalue weighted by atomic mass is 10.0. The molecule has 1 aromatic rings. The lowest BCUT2D eigenvalue weighted by molar-refractivity contribution is 0.258. The van der Waals surface area contributed by atoms with Crippen molar-refractivity contribution in [2.24, 2.45) is 4.99 Å². The predicted molar refractivity (Wildman–Crippen MR) is 195 cm³/mol. The molecule has 45 heavy (non-hydrogen) atoms. The Hall–Kier alpha value is -1.71. The molecule has 0 spiro atoms. The summed E-state index contributed by atoms with van der Waals surface area (Å²) < 4.78 is 18.2. The van der Waals surface area contributed by atoms with E-state index in [-0.39, 0.29) is 0 Å². The maximum Gasteiger partial charge on any atom is 0.216 e. The van der Waals surface area contributed by atoms with Gasteiger partial charge >= 0.3 is 0 Å². The van der Waals surface area contributed by atoms with E-state index < -0.39 is 0 Å². The van der Waals surface area contributed by atoms with Crippen LogP contribution in [-0.4, -0.2) is 32.3 Å². The molecule has 4 nitrogen and oxygen atoms in total. The summed E-state index contributed by atoms with van der Waals surface area (Å²) in [7, 11) is 0. The van der Waals surface area contributed by atoms with Crippen LogP contribution in [0.1, 0.15) is 199 Å². The average Bonchev–Trinajstić information content (AvgIpc) is 3.60. The highest BCUT2D eigenvalue weighted by atomic mass is 16.5. The first-order chi connectivity index (χ1) is 22.3. The number of nitrogens with zero attached hydrogens (tertiary/aromatic N) is 1. The first-order valence-corrected chi connectivity index (χ1v) is 19.9. The molecule has 0 radical (unpaired) electrons. The largest absolute Gasteiger partial charge is 0.490 e. The van der Waals surface area contributed by atoms with Gasteiger partial charge in [0, 0.05) is 5.56 Å². The predicted octanol–water partition coefficient (Wildman–Crippen LogP) is 13.2. The summed E-state index contributed by atoms with van der Waals surface area (Å²) in [5.41, 5.74) is 0.993. The quantitative estimate of drug-likeness (QED) is 0.0728. The van der Waals surface area contributed by atoms with Gasteiger partial charge < -0.3 is 14.2 Å². The zero-order valence-electron chi connectivity index (χ0n) is 30.0. The van der Waals surface area contributed by atoms with Crippen molar-refractivity contribution in [1.82, 2.24) is 0 Å². The Balaban J connectivity index is 1.53. The Kier molecular flexibility index (Phi) is 26.0. The molecule has 1 aromatic carbocycles. The summed E-state index contributed by atoms with van der Waals surface area (Å²) in [5.74, 6) is 2.43. The number of aliphatic imine (C=N–C) groups is 1. The van der Waals surface area contributed by atoms with Crippen molar-refractivity contribution in [2.45, 2.75) is 194 Å². The van der Waals surface area contributed by atoms with Crippen LogP contribution < -0.4 is 9.47 Å². The van der Waals surface area contributed by atoms with Crippen molar-refractivity contribution in [1.29, 1.82) is 0 Å². The monoisotopic (exact) mass is 628 g/mol. The van der Waals surface area contributed by atoms with Crippen molar-refractivity contribution >= 4 is 5.90 Å². The second kappa shape index (κ2) is 29.7. The van der Waals surface area contributed by atoms with Crippen molar-refractivity contribution < 1.29 is 14.2 Å². The third kappa shape index (κ3) is 21.7. The van der Waals surface area contributed by atoms with Crippen LogP contribution in [0.4, 0.5) is 0 Å². The first-order valence-electron chi connectivity index (χ1n) is 19.9. The molecule has 260 valence electrons. The Morgan fingerprint density at radius 3 is 1.24 bits per heavy atom. The molecule has 4 heteroatoms. The van der Waals surface area contributed by atoms with E-state index >= 15 is 0 Å². The Morgan fingerprint density at radius 2 is 0.867 bits per heavy atom. The van der Waals surface area contributed by atoms with Gasteiger partial charge in [0.05, 0.1) is 19.8 Å². The normalized spacial score (nSPS) is 12.8. The summed E-state index contributed by atoms with van der Waals surface area (Å²) in [5, 5.41) is 0. The van der Waals surface area contributed by atoms with Gasteiger partial charge in [0.1, 0.15) is 6.61 Å². The Labute approximate surface area is 279 Å². The molecule has 0 N–H and O–H groups in total. The topological polar surface area (TPSA) is 40.0 Å². The molecule has 0 aliphatic carbocycles. The third-order valence-electron chi connectivity index (χ3n) is 9.29. The van der Waals surface area contributed by atoms with E-state index in [4.69, 9.17) is 14.2 Å². The lowest BCUT2D eigenvalue weighted by Crippen LogP contribution is -2.06. The Bertz CT molecular complexity index is 823. The number of rotatable bonds is 33. The smallest absolute Gasteiger partial charge is 0.216 e. The molecule has 1 aliphatic heterocycles. The molecule has 0 saturated heterocycles. The number of hydrogen-bond donors (Lipinski definition) is 0. The van der Waals surface area contributed by atoms with Crippen molar-refractivity contribution in [3.05, 3.63) is 23.8 Å². The van der Waals surface area contributed by atoms with Gasteiger partial charge in [-0.1, -0.05) is 181 Å². The summed E-state index contributed by atoms with van der Waals surface area (Å²) >= 11 is 0. The molecule has 0 saturated carbocycles. The molecule has 0 amide bonds. The van der Waals surface area contributed by atoms with E-state index in [9.17, 15) is 0 Å². The number of hydrogen-bond acceptors (Lipinski definition) is 4. The van der Waals surface area contributed by atoms with Gasteiger partial charge in [-0.25, -0.2) is 4.99 Å². The fraction of sp³-hybridized carbons (Fsp3) is 0.829. The molecule has 0 fully saturated rings. The zero-order chi connectivity index (χ0) is 31.9. The summed E-state index contributed by atoms with van der Waals surface area (Å²) in [6.45, 7) is 7.49. The van der Waals surface area contributed by atoms with Crippen LogP contribution in [0.25, 0.3) is 0 Å². The van der Waals surface area contributed by atoms with E-state index in [0.29, 0.717) is 6.61 Å². The van der Waals surface area contributed by atoms with E-state index in [0.717, 1.165) is 55.6 Å². The average molecular weight is 628 g/mol. The molecular formula is C41H73NO3. The van der Waals surface area contributed by atoms with Gasteiger partial charge in [0.25, 0.3) is 0 Å². The fourth-order valence-electron chi connectivity index (χ4n) is 6.34. The van der Waals surface area contributed by atoms with Crippen LogP contribution in [0.5, 0.6) is 11.5 Å². The van der Waals surface area contributed by atoms with Gasteiger partial charge in [-0.3, -0.25) is 0 Å². The third-order valence-corrected chi connectivity index (χ3v) is 9.29. The maximum atomic E-state index is 6.28. The van der Waals surface area contributed by atoms with Gasteiger partial charge in [0.2, 0.25) is 5.90 Å². The Morgan fingerprint density at radius 1 is 0.489 bits per heavy atom. The van der Waals surface area contributed by atoms with E-state index in [1.54, 1.807) is 0 Å². The molecule has 0 aromatic heterocycles. The fourth-order valence-corrected chi connectivity index (χ4v) is 6.34. The molecule has 0 bridgehead atoms. The van der Waals surface area contributed by atoms with Crippen LogP contribution in [-0.2, 0) is 4.74 Å². The highest BCUT2D eigenvalue weighted by Crippen LogP contribution is 2.30. The van der Waals surface area contributed by atoms with Gasteiger partial charge in [-0.2, -0.15) is 0 Å². The van der Waals surface area contributed by atoms with Crippen molar-refractivity contribution in [3.63, 3.8) is 0 Å². The number of ether oxygens (including phenoxy) is 3. The van der Waals surface area contributed by atoms with Crippen molar-refractivity contribution in [2.75, 3.05) is 26.4 Å². The minimum absolute atomic E-state index is 0.669. The van der Waals surface area contributed by atoms with Crippen LogP contribution in [0.3, 0.4) is 0 Å². The minimum Gasteiger partial charge on any atom is -0.490 e. The lowest BCUT2D eigenvalue weighted by Gasteiger charge is -2.14. The SMILES string of the molecule is CCCCCCCCCCCCCCCCOc1ccc(C2=NCCO2)cc1OCCCCCCCCCCCCCCCC. The molecule has 1 heterocycles. The molecule has 0 atom stereocenters. The molecule has 2 rings (SSSR count). The number of benzene rings is 1.